The molecule has 1 aromatic carbocycles. The van der Waals surface area contributed by atoms with Crippen LogP contribution in [0.2, 0.25) is 0 Å². The number of benzene rings is 1. The average Bonchev–Trinajstić information content (AvgIpc) is 2.48. The van der Waals surface area contributed by atoms with Crippen LogP contribution in [-0.2, 0) is 4.79 Å². The molecule has 0 fully saturated rings. The van der Waals surface area contributed by atoms with Gasteiger partial charge < -0.3 is 10.6 Å². The summed E-state index contributed by atoms with van der Waals surface area (Å²) in [6, 6.07) is 7.94. The number of carbonyl (C=O) groups is 1. The molecular formula is C15H21N5O. The van der Waals surface area contributed by atoms with Crippen molar-refractivity contribution in [2.75, 3.05) is 18.9 Å². The van der Waals surface area contributed by atoms with Crippen molar-refractivity contribution in [3.63, 3.8) is 0 Å². The smallest absolute Gasteiger partial charge is 0.240 e. The van der Waals surface area contributed by atoms with Gasteiger partial charge in [0.2, 0.25) is 5.91 Å². The number of nitrogens with zero attached hydrogens (tertiary/aromatic N) is 2. The second-order valence-electron chi connectivity index (χ2n) is 4.94. The molecule has 6 nitrogen and oxygen atoms in total. The number of hydrogen-bond donors (Lipinski definition) is 3. The number of guanidine groups is 1. The SMILES string of the molecule is CCNC(=NC)Nc1ccc(C2=NNC(=O)CC2C)cc1. The fourth-order valence-corrected chi connectivity index (χ4v) is 2.21. The molecule has 0 saturated carbocycles. The molecule has 3 N–H and O–H groups in total. The Bertz CT molecular complexity index is 562. The quantitative estimate of drug-likeness (QED) is 0.583. The summed E-state index contributed by atoms with van der Waals surface area (Å²) in [6.07, 6.45) is 0.478. The number of amides is 1. The minimum atomic E-state index is -0.0287. The Kier molecular flexibility index (Phi) is 4.92. The molecule has 1 atom stereocenters. The van der Waals surface area contributed by atoms with Crippen LogP contribution in [0.4, 0.5) is 5.69 Å². The van der Waals surface area contributed by atoms with E-state index in [-0.39, 0.29) is 11.8 Å². The Morgan fingerprint density at radius 2 is 2.14 bits per heavy atom. The van der Waals surface area contributed by atoms with Gasteiger partial charge in [0.25, 0.3) is 0 Å². The summed E-state index contributed by atoms with van der Waals surface area (Å²) in [6.45, 7) is 4.84. The van der Waals surface area contributed by atoms with Crippen LogP contribution < -0.4 is 16.1 Å². The highest BCUT2D eigenvalue weighted by Crippen LogP contribution is 2.18. The van der Waals surface area contributed by atoms with Crippen LogP contribution in [0.1, 0.15) is 25.8 Å². The summed E-state index contributed by atoms with van der Waals surface area (Å²) in [5.74, 6) is 0.840. The first-order chi connectivity index (χ1) is 10.1. The molecule has 1 aliphatic heterocycles. The van der Waals surface area contributed by atoms with E-state index in [9.17, 15) is 4.79 Å². The van der Waals surface area contributed by atoms with Gasteiger partial charge >= 0.3 is 0 Å². The van der Waals surface area contributed by atoms with Crippen molar-refractivity contribution in [1.82, 2.24) is 10.7 Å². The molecule has 1 unspecified atom stereocenters. The second-order valence-corrected chi connectivity index (χ2v) is 4.94. The maximum atomic E-state index is 11.3. The summed E-state index contributed by atoms with van der Waals surface area (Å²) in [7, 11) is 1.74. The van der Waals surface area contributed by atoms with Gasteiger partial charge in [-0.3, -0.25) is 9.79 Å². The van der Waals surface area contributed by atoms with E-state index in [1.807, 2.05) is 38.1 Å². The number of aliphatic imine (C=N–C) groups is 1. The standard InChI is InChI=1S/C15H21N5O/c1-4-17-15(16-3)18-12-7-5-11(6-8-12)14-10(2)9-13(21)19-20-14/h5-8,10H,4,9H2,1-3H3,(H,19,21)(H2,16,17,18). The van der Waals surface area contributed by atoms with Gasteiger partial charge in [-0.2, -0.15) is 5.10 Å². The van der Waals surface area contributed by atoms with Crippen LogP contribution in [0.25, 0.3) is 0 Å². The molecule has 21 heavy (non-hydrogen) atoms. The van der Waals surface area contributed by atoms with Gasteiger partial charge in [-0.05, 0) is 24.6 Å². The molecule has 1 amide bonds. The molecule has 6 heteroatoms. The predicted molar refractivity (Wildman–Crippen MR) is 85.6 cm³/mol. The minimum absolute atomic E-state index is 0.0287. The van der Waals surface area contributed by atoms with Crippen LogP contribution in [0.3, 0.4) is 0 Å². The predicted octanol–water partition coefficient (Wildman–Crippen LogP) is 1.55. The van der Waals surface area contributed by atoms with Crippen molar-refractivity contribution in [3.05, 3.63) is 29.8 Å². The zero-order valence-electron chi connectivity index (χ0n) is 12.6. The number of anilines is 1. The van der Waals surface area contributed by atoms with Crippen LogP contribution in [0.15, 0.2) is 34.4 Å². The molecule has 0 spiro atoms. The zero-order valence-corrected chi connectivity index (χ0v) is 12.6. The Morgan fingerprint density at radius 3 is 2.71 bits per heavy atom. The summed E-state index contributed by atoms with van der Waals surface area (Å²) in [5.41, 5.74) is 5.42. The molecule has 112 valence electrons. The van der Waals surface area contributed by atoms with Gasteiger partial charge in [0.15, 0.2) is 5.96 Å². The van der Waals surface area contributed by atoms with E-state index in [2.05, 4.69) is 26.2 Å². The molecule has 0 aromatic heterocycles. The third-order valence-corrected chi connectivity index (χ3v) is 3.27. The van der Waals surface area contributed by atoms with Crippen molar-refractivity contribution in [3.8, 4) is 0 Å². The third kappa shape index (κ3) is 3.81. The maximum absolute atomic E-state index is 11.3. The van der Waals surface area contributed by atoms with E-state index in [1.54, 1.807) is 7.05 Å². The highest BCUT2D eigenvalue weighted by molar-refractivity contribution is 6.06. The molecular weight excluding hydrogens is 266 g/mol. The van der Waals surface area contributed by atoms with Gasteiger partial charge in [0.1, 0.15) is 0 Å². The van der Waals surface area contributed by atoms with E-state index in [1.165, 1.54) is 0 Å². The Morgan fingerprint density at radius 1 is 1.43 bits per heavy atom. The Labute approximate surface area is 124 Å². The topological polar surface area (TPSA) is 77.9 Å². The van der Waals surface area contributed by atoms with E-state index < -0.39 is 0 Å². The molecule has 2 rings (SSSR count). The highest BCUT2D eigenvalue weighted by Gasteiger charge is 2.21. The highest BCUT2D eigenvalue weighted by atomic mass is 16.2. The van der Waals surface area contributed by atoms with Crippen molar-refractivity contribution >= 4 is 23.3 Å². The van der Waals surface area contributed by atoms with Gasteiger partial charge in [-0.15, -0.1) is 0 Å². The lowest BCUT2D eigenvalue weighted by atomic mass is 9.94. The van der Waals surface area contributed by atoms with Gasteiger partial charge in [-0.1, -0.05) is 19.1 Å². The van der Waals surface area contributed by atoms with E-state index in [0.29, 0.717) is 6.42 Å². The van der Waals surface area contributed by atoms with Crippen molar-refractivity contribution in [2.45, 2.75) is 20.3 Å². The molecule has 1 heterocycles. The Balaban J connectivity index is 2.10. The van der Waals surface area contributed by atoms with Crippen LogP contribution in [0, 0.1) is 5.92 Å². The fourth-order valence-electron chi connectivity index (χ4n) is 2.21. The van der Waals surface area contributed by atoms with Gasteiger partial charge in [0, 0.05) is 31.6 Å². The third-order valence-electron chi connectivity index (χ3n) is 3.27. The number of hydrogen-bond acceptors (Lipinski definition) is 3. The number of nitrogens with one attached hydrogen (secondary N) is 3. The van der Waals surface area contributed by atoms with E-state index in [0.717, 1.165) is 29.5 Å². The summed E-state index contributed by atoms with van der Waals surface area (Å²) < 4.78 is 0. The second kappa shape index (κ2) is 6.88. The first-order valence-corrected chi connectivity index (χ1v) is 7.08. The minimum Gasteiger partial charge on any atom is -0.356 e. The Hall–Kier alpha value is -2.37. The molecule has 0 radical (unpaired) electrons. The van der Waals surface area contributed by atoms with E-state index >= 15 is 0 Å². The molecule has 0 bridgehead atoms. The molecule has 0 aliphatic carbocycles. The van der Waals surface area contributed by atoms with Crippen LogP contribution >= 0.6 is 0 Å². The first kappa shape index (κ1) is 15.0. The van der Waals surface area contributed by atoms with Crippen LogP contribution in [-0.4, -0.2) is 31.2 Å². The summed E-state index contributed by atoms with van der Waals surface area (Å²) in [4.78, 5) is 15.4. The lowest BCUT2D eigenvalue weighted by Crippen LogP contribution is -2.32. The number of carbonyl (C=O) groups excluding carboxylic acids is 1. The van der Waals surface area contributed by atoms with E-state index in [4.69, 9.17) is 0 Å². The average molecular weight is 287 g/mol. The fraction of sp³-hybridized carbons (Fsp3) is 0.400. The summed E-state index contributed by atoms with van der Waals surface area (Å²) >= 11 is 0. The van der Waals surface area contributed by atoms with Crippen molar-refractivity contribution < 1.29 is 4.79 Å². The lowest BCUT2D eigenvalue weighted by molar-refractivity contribution is -0.121. The van der Waals surface area contributed by atoms with Gasteiger partial charge in [-0.25, -0.2) is 5.43 Å². The van der Waals surface area contributed by atoms with Crippen LogP contribution in [0.5, 0.6) is 0 Å². The maximum Gasteiger partial charge on any atom is 0.240 e. The molecule has 0 saturated heterocycles. The molecule has 1 aromatic rings. The largest absolute Gasteiger partial charge is 0.356 e. The monoisotopic (exact) mass is 287 g/mol. The van der Waals surface area contributed by atoms with Gasteiger partial charge in [0.05, 0.1) is 5.71 Å². The van der Waals surface area contributed by atoms with Crippen molar-refractivity contribution in [2.24, 2.45) is 16.0 Å². The number of hydrazone groups is 1. The molecule has 1 aliphatic rings. The lowest BCUT2D eigenvalue weighted by Gasteiger charge is -2.19. The zero-order chi connectivity index (χ0) is 15.2. The first-order valence-electron chi connectivity index (χ1n) is 7.08. The number of rotatable bonds is 3. The van der Waals surface area contributed by atoms with Crippen molar-refractivity contribution in [1.29, 1.82) is 0 Å². The summed E-state index contributed by atoms with van der Waals surface area (Å²) in [5, 5.41) is 10.5. The normalized spacial score (nSPS) is 18.8.